The zero-order valence-electron chi connectivity index (χ0n) is 20.9. The number of nitrogens with two attached hydrogens (primary N) is 1. The van der Waals surface area contributed by atoms with Crippen molar-refractivity contribution >= 4 is 42.3 Å². The van der Waals surface area contributed by atoms with Crippen molar-refractivity contribution in [3.63, 3.8) is 0 Å². The molecule has 0 bridgehead atoms. The van der Waals surface area contributed by atoms with Crippen LogP contribution in [0.3, 0.4) is 0 Å². The van der Waals surface area contributed by atoms with Gasteiger partial charge < -0.3 is 24.7 Å². The zero-order valence-corrected chi connectivity index (χ0v) is 23.2. The van der Waals surface area contributed by atoms with Gasteiger partial charge in [-0.05, 0) is 61.6 Å². The van der Waals surface area contributed by atoms with Crippen molar-refractivity contribution in [3.05, 3.63) is 58.9 Å². The molecule has 1 aromatic heterocycles. The van der Waals surface area contributed by atoms with Crippen molar-refractivity contribution in [1.82, 2.24) is 19.7 Å². The second-order valence-corrected chi connectivity index (χ2v) is 9.73. The predicted octanol–water partition coefficient (Wildman–Crippen LogP) is 4.75. The number of rotatable bonds is 6. The van der Waals surface area contributed by atoms with E-state index in [1.807, 2.05) is 45.9 Å². The van der Waals surface area contributed by atoms with Crippen LogP contribution >= 0.6 is 36.4 Å². The minimum atomic E-state index is -0.0964. The van der Waals surface area contributed by atoms with E-state index in [1.165, 1.54) is 5.56 Å². The van der Waals surface area contributed by atoms with Gasteiger partial charge in [-0.3, -0.25) is 4.79 Å². The van der Waals surface area contributed by atoms with E-state index in [1.54, 1.807) is 14.2 Å². The van der Waals surface area contributed by atoms with E-state index in [2.05, 4.69) is 16.3 Å². The van der Waals surface area contributed by atoms with Crippen molar-refractivity contribution in [2.45, 2.75) is 43.7 Å². The van der Waals surface area contributed by atoms with Crippen LogP contribution in [0.15, 0.2) is 42.5 Å². The van der Waals surface area contributed by atoms with Crippen LogP contribution in [-0.2, 0) is 12.0 Å². The minimum absolute atomic E-state index is 0. The summed E-state index contributed by atoms with van der Waals surface area (Å²) in [5.74, 6) is 2.22. The Hall–Kier alpha value is -2.52. The van der Waals surface area contributed by atoms with Crippen LogP contribution in [0.5, 0.6) is 11.5 Å². The first-order valence-electron chi connectivity index (χ1n) is 11.9. The average molecular weight is 569 g/mol. The number of hydrogen-bond donors (Lipinski definition) is 1. The second-order valence-electron chi connectivity index (χ2n) is 9.29. The molecule has 11 heteroatoms. The molecule has 3 aromatic rings. The lowest BCUT2D eigenvalue weighted by atomic mass is 9.68. The Morgan fingerprint density at radius 2 is 1.70 bits per heavy atom. The van der Waals surface area contributed by atoms with Gasteiger partial charge in [-0.2, -0.15) is 0 Å². The SMILES string of the molecule is COc1ccc(-c2nnc3n2CCN(C2CCC(CN)(c4cccc(Cl)c4)CC2)C3=O)cc1OC.Cl.Cl. The molecule has 0 radical (unpaired) electrons. The topological polar surface area (TPSA) is 95.5 Å². The second kappa shape index (κ2) is 11.9. The number of nitrogens with zero attached hydrogens (tertiary/aromatic N) is 4. The smallest absolute Gasteiger partial charge is 0.292 e. The largest absolute Gasteiger partial charge is 0.493 e. The lowest BCUT2D eigenvalue weighted by molar-refractivity contribution is 0.0523. The fraction of sp³-hybridized carbons (Fsp3) is 0.423. The summed E-state index contributed by atoms with van der Waals surface area (Å²) in [6.45, 7) is 1.84. The van der Waals surface area contributed by atoms with Crippen molar-refractivity contribution in [3.8, 4) is 22.9 Å². The minimum Gasteiger partial charge on any atom is -0.493 e. The first-order valence-corrected chi connectivity index (χ1v) is 12.3. The van der Waals surface area contributed by atoms with Crippen LogP contribution in [-0.4, -0.2) is 58.9 Å². The Balaban J connectivity index is 0.00000190. The lowest BCUT2D eigenvalue weighted by Crippen LogP contribution is -2.50. The van der Waals surface area contributed by atoms with Gasteiger partial charge in [0.1, 0.15) is 0 Å². The number of aromatic nitrogens is 3. The molecule has 0 spiro atoms. The molecule has 200 valence electrons. The van der Waals surface area contributed by atoms with Gasteiger partial charge in [0.15, 0.2) is 17.3 Å². The van der Waals surface area contributed by atoms with Crippen LogP contribution in [0, 0.1) is 0 Å². The van der Waals surface area contributed by atoms with Gasteiger partial charge in [-0.15, -0.1) is 35.0 Å². The Bertz CT molecular complexity index is 1240. The Kier molecular flexibility index (Phi) is 9.34. The standard InChI is InChI=1S/C26H30ClN5O3.2ClH/c1-34-21-7-6-17(14-22(21)35-2)23-29-30-24-25(33)31(12-13-32(23)24)20-8-10-26(16-28,11-9-20)18-4-3-5-19(27)15-18;;/h3-7,14-15,20H,8-13,16,28H2,1-2H3;2*1H. The average Bonchev–Trinajstić information content (AvgIpc) is 3.34. The van der Waals surface area contributed by atoms with Gasteiger partial charge in [-0.25, -0.2) is 0 Å². The van der Waals surface area contributed by atoms with E-state index < -0.39 is 0 Å². The molecule has 5 rings (SSSR count). The Morgan fingerprint density at radius 3 is 2.35 bits per heavy atom. The Labute approximate surface area is 234 Å². The fourth-order valence-corrected chi connectivity index (χ4v) is 5.73. The number of halogens is 3. The van der Waals surface area contributed by atoms with Gasteiger partial charge >= 0.3 is 0 Å². The maximum absolute atomic E-state index is 13.4. The number of carbonyl (C=O) groups excluding carboxylic acids is 1. The summed E-state index contributed by atoms with van der Waals surface area (Å²) in [4.78, 5) is 15.4. The van der Waals surface area contributed by atoms with Crippen LogP contribution in [0.1, 0.15) is 41.9 Å². The quantitative estimate of drug-likeness (QED) is 0.461. The molecule has 1 saturated carbocycles. The summed E-state index contributed by atoms with van der Waals surface area (Å²) in [6.07, 6.45) is 3.63. The van der Waals surface area contributed by atoms with Crippen LogP contribution in [0.4, 0.5) is 0 Å². The highest BCUT2D eigenvalue weighted by atomic mass is 35.5. The monoisotopic (exact) mass is 567 g/mol. The van der Waals surface area contributed by atoms with E-state index in [9.17, 15) is 4.79 Å². The molecule has 1 amide bonds. The molecule has 0 saturated heterocycles. The van der Waals surface area contributed by atoms with Crippen molar-refractivity contribution in [2.75, 3.05) is 27.3 Å². The molecule has 0 atom stereocenters. The normalized spacial score (nSPS) is 20.9. The summed E-state index contributed by atoms with van der Waals surface area (Å²) in [7, 11) is 3.19. The molecule has 2 aromatic carbocycles. The van der Waals surface area contributed by atoms with E-state index >= 15 is 0 Å². The highest BCUT2D eigenvalue weighted by Gasteiger charge is 2.41. The van der Waals surface area contributed by atoms with Crippen LogP contribution < -0.4 is 15.2 Å². The molecule has 1 aliphatic carbocycles. The van der Waals surface area contributed by atoms with E-state index in [-0.39, 0.29) is 42.2 Å². The van der Waals surface area contributed by atoms with Crippen molar-refractivity contribution in [2.24, 2.45) is 5.73 Å². The number of ether oxygens (including phenoxy) is 2. The summed E-state index contributed by atoms with van der Waals surface area (Å²) in [5, 5.41) is 9.36. The van der Waals surface area contributed by atoms with E-state index in [4.69, 9.17) is 26.8 Å². The number of carbonyl (C=O) groups is 1. The molecular weight excluding hydrogens is 537 g/mol. The van der Waals surface area contributed by atoms with Gasteiger partial charge in [-0.1, -0.05) is 23.7 Å². The molecule has 37 heavy (non-hydrogen) atoms. The molecule has 0 unspecified atom stereocenters. The van der Waals surface area contributed by atoms with Crippen LogP contribution in [0.2, 0.25) is 5.02 Å². The van der Waals surface area contributed by atoms with Gasteiger partial charge in [0.2, 0.25) is 5.82 Å². The maximum atomic E-state index is 13.4. The predicted molar refractivity (Wildman–Crippen MR) is 149 cm³/mol. The number of benzene rings is 2. The number of methoxy groups -OCH3 is 2. The third-order valence-electron chi connectivity index (χ3n) is 7.59. The number of fused-ring (bicyclic) bond motifs is 1. The van der Waals surface area contributed by atoms with Gasteiger partial charge in [0.05, 0.1) is 14.2 Å². The summed E-state index contributed by atoms with van der Waals surface area (Å²) in [6, 6.07) is 13.8. The van der Waals surface area contributed by atoms with E-state index in [0.717, 1.165) is 36.3 Å². The molecule has 1 aliphatic heterocycles. The molecular formula is C26H32Cl3N5O3. The number of amides is 1. The maximum Gasteiger partial charge on any atom is 0.292 e. The number of hydrogen-bond acceptors (Lipinski definition) is 6. The van der Waals surface area contributed by atoms with Gasteiger partial charge in [0.25, 0.3) is 5.91 Å². The zero-order chi connectivity index (χ0) is 24.6. The van der Waals surface area contributed by atoms with Crippen molar-refractivity contribution in [1.29, 1.82) is 0 Å². The third-order valence-corrected chi connectivity index (χ3v) is 7.83. The lowest BCUT2D eigenvalue weighted by Gasteiger charge is -2.44. The molecule has 2 aliphatic rings. The molecule has 2 N–H and O–H groups in total. The Morgan fingerprint density at radius 1 is 1.00 bits per heavy atom. The molecule has 8 nitrogen and oxygen atoms in total. The van der Waals surface area contributed by atoms with Crippen molar-refractivity contribution < 1.29 is 14.3 Å². The molecule has 1 fully saturated rings. The summed E-state index contributed by atoms with van der Waals surface area (Å²) >= 11 is 6.26. The van der Waals surface area contributed by atoms with Crippen LogP contribution in [0.25, 0.3) is 11.4 Å². The third kappa shape index (κ3) is 5.25. The summed E-state index contributed by atoms with van der Waals surface area (Å²) < 4.78 is 12.7. The van der Waals surface area contributed by atoms with E-state index in [0.29, 0.717) is 42.8 Å². The first-order chi connectivity index (χ1) is 17.0. The highest BCUT2D eigenvalue weighted by Crippen LogP contribution is 2.41. The molecule has 2 heterocycles. The first kappa shape index (κ1) is 29.0. The van der Waals surface area contributed by atoms with Gasteiger partial charge in [0, 0.05) is 41.7 Å². The highest BCUT2D eigenvalue weighted by molar-refractivity contribution is 6.30. The fourth-order valence-electron chi connectivity index (χ4n) is 5.54. The summed E-state index contributed by atoms with van der Waals surface area (Å²) in [5.41, 5.74) is 8.19.